The summed E-state index contributed by atoms with van der Waals surface area (Å²) in [6.45, 7) is 15.1. The summed E-state index contributed by atoms with van der Waals surface area (Å²) in [4.78, 5) is 12.4. The van der Waals surface area contributed by atoms with E-state index in [4.69, 9.17) is 9.47 Å². The Bertz CT molecular complexity index is 512. The average molecular weight is 321 g/mol. The Kier molecular flexibility index (Phi) is 7.07. The lowest BCUT2D eigenvalue weighted by Gasteiger charge is -2.24. The van der Waals surface area contributed by atoms with Crippen LogP contribution in [0.3, 0.4) is 0 Å². The Labute approximate surface area is 140 Å². The first-order valence-electron chi connectivity index (χ1n) is 8.36. The molecule has 4 heteroatoms. The van der Waals surface area contributed by atoms with E-state index < -0.39 is 5.60 Å². The number of hydrogen-bond donors (Lipinski definition) is 1. The highest BCUT2D eigenvalue weighted by atomic mass is 16.5. The highest BCUT2D eigenvalue weighted by Crippen LogP contribution is 2.28. The predicted octanol–water partition coefficient (Wildman–Crippen LogP) is 4.48. The molecule has 0 saturated heterocycles. The van der Waals surface area contributed by atoms with Crippen LogP contribution in [0.1, 0.15) is 52.2 Å². The Morgan fingerprint density at radius 2 is 1.78 bits per heavy atom. The first kappa shape index (κ1) is 19.5. The largest absolute Gasteiger partial charge is 0.493 e. The van der Waals surface area contributed by atoms with Crippen LogP contribution >= 0.6 is 0 Å². The van der Waals surface area contributed by atoms with Gasteiger partial charge >= 0.3 is 0 Å². The number of amides is 1. The zero-order valence-electron chi connectivity index (χ0n) is 15.6. The molecule has 0 aliphatic heterocycles. The standard InChI is InChI=1S/C19H31NO3/c1-8-9-23-19(6,7)18(21)20-16-10-14(4)17(15(5)11-16)22-12-13(2)3/h10-11,13H,8-9,12H2,1-7H3,(H,20,21). The average Bonchev–Trinajstić information content (AvgIpc) is 2.43. The van der Waals surface area contributed by atoms with E-state index in [1.807, 2.05) is 32.9 Å². The Hall–Kier alpha value is -1.55. The molecule has 0 aromatic heterocycles. The van der Waals surface area contributed by atoms with Gasteiger partial charge in [-0.1, -0.05) is 20.8 Å². The highest BCUT2D eigenvalue weighted by molar-refractivity contribution is 5.97. The molecule has 0 aliphatic rings. The van der Waals surface area contributed by atoms with E-state index in [0.717, 1.165) is 29.0 Å². The van der Waals surface area contributed by atoms with Crippen molar-refractivity contribution in [1.82, 2.24) is 0 Å². The number of ether oxygens (including phenoxy) is 2. The Balaban J connectivity index is 2.84. The van der Waals surface area contributed by atoms with Gasteiger partial charge in [0.2, 0.25) is 0 Å². The van der Waals surface area contributed by atoms with Gasteiger partial charge in [0.25, 0.3) is 5.91 Å². The highest BCUT2D eigenvalue weighted by Gasteiger charge is 2.28. The minimum absolute atomic E-state index is 0.138. The van der Waals surface area contributed by atoms with Gasteiger partial charge in [-0.3, -0.25) is 4.79 Å². The van der Waals surface area contributed by atoms with Crippen LogP contribution in [-0.4, -0.2) is 24.7 Å². The third-order valence-corrected chi connectivity index (χ3v) is 3.49. The van der Waals surface area contributed by atoms with Crippen LogP contribution in [0.5, 0.6) is 5.75 Å². The molecule has 23 heavy (non-hydrogen) atoms. The summed E-state index contributed by atoms with van der Waals surface area (Å²) in [6, 6.07) is 3.88. The third kappa shape index (κ3) is 5.87. The molecule has 0 radical (unpaired) electrons. The van der Waals surface area contributed by atoms with Crippen LogP contribution in [0.15, 0.2) is 12.1 Å². The molecule has 1 rings (SSSR count). The second-order valence-electron chi connectivity index (χ2n) is 6.96. The second-order valence-corrected chi connectivity index (χ2v) is 6.96. The number of carbonyl (C=O) groups is 1. The van der Waals surface area contributed by atoms with Crippen molar-refractivity contribution in [3.05, 3.63) is 23.3 Å². The minimum atomic E-state index is -0.843. The number of nitrogens with one attached hydrogen (secondary N) is 1. The van der Waals surface area contributed by atoms with E-state index in [0.29, 0.717) is 19.1 Å². The lowest BCUT2D eigenvalue weighted by Crippen LogP contribution is -2.40. The monoisotopic (exact) mass is 321 g/mol. The maximum Gasteiger partial charge on any atom is 0.256 e. The van der Waals surface area contributed by atoms with Gasteiger partial charge in [0.1, 0.15) is 11.4 Å². The molecule has 1 amide bonds. The molecular formula is C19H31NO3. The van der Waals surface area contributed by atoms with Crippen LogP contribution in [0.2, 0.25) is 0 Å². The zero-order chi connectivity index (χ0) is 17.6. The quantitative estimate of drug-likeness (QED) is 0.768. The van der Waals surface area contributed by atoms with Crippen molar-refractivity contribution >= 4 is 11.6 Å². The van der Waals surface area contributed by atoms with E-state index in [2.05, 4.69) is 19.2 Å². The molecule has 0 unspecified atom stereocenters. The molecule has 0 fully saturated rings. The second kappa shape index (κ2) is 8.34. The molecule has 1 N–H and O–H groups in total. The van der Waals surface area contributed by atoms with Crippen LogP contribution < -0.4 is 10.1 Å². The molecule has 130 valence electrons. The molecule has 0 aliphatic carbocycles. The van der Waals surface area contributed by atoms with Crippen molar-refractivity contribution in [3.63, 3.8) is 0 Å². The Morgan fingerprint density at radius 1 is 1.22 bits per heavy atom. The topological polar surface area (TPSA) is 47.6 Å². The van der Waals surface area contributed by atoms with E-state index in [-0.39, 0.29) is 5.91 Å². The van der Waals surface area contributed by atoms with Crippen LogP contribution in [0.25, 0.3) is 0 Å². The summed E-state index contributed by atoms with van der Waals surface area (Å²) in [5, 5.41) is 2.95. The van der Waals surface area contributed by atoms with Gasteiger partial charge in [-0.25, -0.2) is 0 Å². The third-order valence-electron chi connectivity index (χ3n) is 3.49. The van der Waals surface area contributed by atoms with Crippen LogP contribution in [-0.2, 0) is 9.53 Å². The fourth-order valence-corrected chi connectivity index (χ4v) is 2.20. The van der Waals surface area contributed by atoms with Gasteiger partial charge in [0.05, 0.1) is 6.61 Å². The number of benzene rings is 1. The van der Waals surface area contributed by atoms with E-state index in [9.17, 15) is 4.79 Å². The molecule has 0 atom stereocenters. The van der Waals surface area contributed by atoms with Gasteiger partial charge < -0.3 is 14.8 Å². The molecule has 1 aromatic rings. The summed E-state index contributed by atoms with van der Waals surface area (Å²) in [6.07, 6.45) is 0.886. The van der Waals surface area contributed by atoms with Gasteiger partial charge in [-0.15, -0.1) is 0 Å². The predicted molar refractivity (Wildman–Crippen MR) is 95.2 cm³/mol. The fraction of sp³-hybridized carbons (Fsp3) is 0.632. The van der Waals surface area contributed by atoms with Gasteiger partial charge in [0, 0.05) is 12.3 Å². The molecule has 0 bridgehead atoms. The molecule has 1 aromatic carbocycles. The van der Waals surface area contributed by atoms with Crippen molar-refractivity contribution in [2.75, 3.05) is 18.5 Å². The Morgan fingerprint density at radius 3 is 2.26 bits per heavy atom. The van der Waals surface area contributed by atoms with Crippen LogP contribution in [0, 0.1) is 19.8 Å². The van der Waals surface area contributed by atoms with Crippen molar-refractivity contribution < 1.29 is 14.3 Å². The number of anilines is 1. The lowest BCUT2D eigenvalue weighted by molar-refractivity contribution is -0.137. The molecule has 0 heterocycles. The van der Waals surface area contributed by atoms with Crippen molar-refractivity contribution in [2.24, 2.45) is 5.92 Å². The number of carbonyl (C=O) groups excluding carboxylic acids is 1. The number of rotatable bonds is 8. The van der Waals surface area contributed by atoms with Crippen molar-refractivity contribution in [2.45, 2.75) is 60.5 Å². The number of hydrogen-bond acceptors (Lipinski definition) is 3. The van der Waals surface area contributed by atoms with Crippen molar-refractivity contribution in [1.29, 1.82) is 0 Å². The molecule has 0 spiro atoms. The maximum atomic E-state index is 12.4. The fourth-order valence-electron chi connectivity index (χ4n) is 2.20. The van der Waals surface area contributed by atoms with Gasteiger partial charge in [0.15, 0.2) is 0 Å². The van der Waals surface area contributed by atoms with Crippen molar-refractivity contribution in [3.8, 4) is 5.75 Å². The summed E-state index contributed by atoms with van der Waals surface area (Å²) in [5.74, 6) is 1.24. The molecular weight excluding hydrogens is 290 g/mol. The summed E-state index contributed by atoms with van der Waals surface area (Å²) in [7, 11) is 0. The smallest absolute Gasteiger partial charge is 0.256 e. The maximum absolute atomic E-state index is 12.4. The summed E-state index contributed by atoms with van der Waals surface area (Å²) >= 11 is 0. The SMILES string of the molecule is CCCOC(C)(C)C(=O)Nc1cc(C)c(OCC(C)C)c(C)c1. The minimum Gasteiger partial charge on any atom is -0.493 e. The van der Waals surface area contributed by atoms with Gasteiger partial charge in [-0.2, -0.15) is 0 Å². The molecule has 0 saturated carbocycles. The normalized spacial score (nSPS) is 11.7. The number of aryl methyl sites for hydroxylation is 2. The van der Waals surface area contributed by atoms with Crippen LogP contribution in [0.4, 0.5) is 5.69 Å². The zero-order valence-corrected chi connectivity index (χ0v) is 15.6. The van der Waals surface area contributed by atoms with E-state index in [1.165, 1.54) is 0 Å². The molecule has 4 nitrogen and oxygen atoms in total. The van der Waals surface area contributed by atoms with E-state index in [1.54, 1.807) is 13.8 Å². The lowest BCUT2D eigenvalue weighted by atomic mass is 10.1. The summed E-state index contributed by atoms with van der Waals surface area (Å²) in [5.41, 5.74) is 1.97. The van der Waals surface area contributed by atoms with E-state index >= 15 is 0 Å². The first-order valence-corrected chi connectivity index (χ1v) is 8.36. The first-order chi connectivity index (χ1) is 10.7. The summed E-state index contributed by atoms with van der Waals surface area (Å²) < 4.78 is 11.5. The van der Waals surface area contributed by atoms with Gasteiger partial charge in [-0.05, 0) is 63.3 Å².